The van der Waals surface area contributed by atoms with Crippen molar-refractivity contribution in [3.63, 3.8) is 0 Å². The molecule has 0 radical (unpaired) electrons. The van der Waals surface area contributed by atoms with E-state index in [9.17, 15) is 4.79 Å². The number of ether oxygens (including phenoxy) is 1. The van der Waals surface area contributed by atoms with E-state index >= 15 is 0 Å². The monoisotopic (exact) mass is 381 g/mol. The number of nitrogens with one attached hydrogen (secondary N) is 3. The molecule has 9 heteroatoms. The molecular weight excluding hydrogens is 358 g/mol. The van der Waals surface area contributed by atoms with Gasteiger partial charge >= 0.3 is 5.97 Å². The number of carbonyl (C=O) groups excluding carboxylic acids is 1. The molecule has 9 nitrogen and oxygen atoms in total. The number of carbonyl (C=O) groups is 1. The first-order valence-electron chi connectivity index (χ1n) is 9.21. The van der Waals surface area contributed by atoms with E-state index in [1.807, 2.05) is 6.07 Å². The zero-order valence-corrected chi connectivity index (χ0v) is 15.7. The van der Waals surface area contributed by atoms with Crippen LogP contribution in [0.1, 0.15) is 35.3 Å². The molecule has 0 amide bonds. The summed E-state index contributed by atoms with van der Waals surface area (Å²) >= 11 is 0. The summed E-state index contributed by atoms with van der Waals surface area (Å²) in [5.41, 5.74) is 1.27. The lowest BCUT2D eigenvalue weighted by Gasteiger charge is -2.23. The zero-order chi connectivity index (χ0) is 19.8. The molecule has 1 saturated heterocycles. The molecule has 0 atom stereocenters. The molecule has 0 saturated carbocycles. The molecule has 0 aromatic carbocycles. The van der Waals surface area contributed by atoms with E-state index in [4.69, 9.17) is 10.00 Å². The maximum atomic E-state index is 12.1. The Morgan fingerprint density at radius 3 is 2.71 bits per heavy atom. The average molecular weight is 381 g/mol. The molecule has 3 N–H and O–H groups in total. The highest BCUT2D eigenvalue weighted by atomic mass is 16.5. The molecular formula is C19H23N7O2. The molecule has 2 aromatic rings. The fourth-order valence-corrected chi connectivity index (χ4v) is 3.11. The van der Waals surface area contributed by atoms with E-state index in [2.05, 4.69) is 30.9 Å². The number of rotatable bonds is 7. The second-order valence-electron chi connectivity index (χ2n) is 6.54. The second kappa shape index (κ2) is 9.62. The molecule has 1 aliphatic heterocycles. The lowest BCUT2D eigenvalue weighted by Crippen LogP contribution is -2.28. The van der Waals surface area contributed by atoms with Gasteiger partial charge < -0.3 is 20.7 Å². The zero-order valence-electron chi connectivity index (χ0n) is 15.7. The first-order chi connectivity index (χ1) is 13.7. The van der Waals surface area contributed by atoms with E-state index in [1.165, 1.54) is 38.5 Å². The largest absolute Gasteiger partial charge is 0.465 e. The molecule has 1 aliphatic rings. The number of methoxy groups -OCH3 is 1. The highest BCUT2D eigenvalue weighted by Crippen LogP contribution is 2.23. The number of nitrogens with zero attached hydrogens (tertiary/aromatic N) is 4. The summed E-state index contributed by atoms with van der Waals surface area (Å²) in [6, 6.07) is 3.67. The van der Waals surface area contributed by atoms with E-state index < -0.39 is 5.97 Å². The van der Waals surface area contributed by atoms with Crippen molar-refractivity contribution in [2.45, 2.75) is 19.3 Å². The van der Waals surface area contributed by atoms with Crippen molar-refractivity contribution in [3.8, 4) is 6.07 Å². The van der Waals surface area contributed by atoms with Crippen molar-refractivity contribution in [2.75, 3.05) is 37.4 Å². The molecule has 2 aromatic heterocycles. The van der Waals surface area contributed by atoms with E-state index in [0.717, 1.165) is 26.1 Å². The Labute approximate surface area is 163 Å². The van der Waals surface area contributed by atoms with Crippen molar-refractivity contribution in [2.24, 2.45) is 5.92 Å². The van der Waals surface area contributed by atoms with Crippen LogP contribution in [0.15, 0.2) is 24.7 Å². The summed E-state index contributed by atoms with van der Waals surface area (Å²) in [6.45, 7) is 2.88. The fourth-order valence-electron chi connectivity index (χ4n) is 3.11. The van der Waals surface area contributed by atoms with Gasteiger partial charge in [-0.05, 0) is 38.3 Å². The fraction of sp³-hybridized carbons (Fsp3) is 0.421. The van der Waals surface area contributed by atoms with Gasteiger partial charge in [0.25, 0.3) is 0 Å². The molecule has 3 heterocycles. The molecule has 0 unspecified atom stereocenters. The number of piperidine rings is 1. The number of hydrogen-bond acceptors (Lipinski definition) is 9. The number of esters is 1. The SMILES string of the molecule is COC(=O)c1cnc(Nc2cnc(C#N)cn2)cc1NCCC1CCNCC1. The lowest BCUT2D eigenvalue weighted by atomic mass is 9.95. The maximum Gasteiger partial charge on any atom is 0.341 e. The van der Waals surface area contributed by atoms with Gasteiger partial charge in [-0.15, -0.1) is 0 Å². The number of hydrogen-bond donors (Lipinski definition) is 3. The van der Waals surface area contributed by atoms with Gasteiger partial charge in [-0.1, -0.05) is 0 Å². The molecule has 28 heavy (non-hydrogen) atoms. The molecule has 0 spiro atoms. The quantitative estimate of drug-likeness (QED) is 0.618. The van der Waals surface area contributed by atoms with Gasteiger partial charge in [0.05, 0.1) is 25.2 Å². The Hall–Kier alpha value is -3.25. The Morgan fingerprint density at radius 2 is 2.04 bits per heavy atom. The van der Waals surface area contributed by atoms with Crippen LogP contribution in [-0.2, 0) is 4.74 Å². The van der Waals surface area contributed by atoms with E-state index in [1.54, 1.807) is 6.07 Å². The summed E-state index contributed by atoms with van der Waals surface area (Å²) in [7, 11) is 1.35. The van der Waals surface area contributed by atoms with Crippen LogP contribution in [-0.4, -0.2) is 47.7 Å². The molecule has 146 valence electrons. The first kappa shape index (κ1) is 19.5. The highest BCUT2D eigenvalue weighted by molar-refractivity contribution is 5.95. The molecule has 3 rings (SSSR count). The van der Waals surface area contributed by atoms with Crippen LogP contribution in [0.5, 0.6) is 0 Å². The summed E-state index contributed by atoms with van der Waals surface area (Å²) in [4.78, 5) is 24.4. The van der Waals surface area contributed by atoms with Crippen LogP contribution in [0, 0.1) is 17.2 Å². The second-order valence-corrected chi connectivity index (χ2v) is 6.54. The van der Waals surface area contributed by atoms with Crippen molar-refractivity contribution < 1.29 is 9.53 Å². The first-order valence-corrected chi connectivity index (χ1v) is 9.21. The maximum absolute atomic E-state index is 12.1. The van der Waals surface area contributed by atoms with Crippen LogP contribution >= 0.6 is 0 Å². The van der Waals surface area contributed by atoms with Gasteiger partial charge in [-0.2, -0.15) is 5.26 Å². The highest BCUT2D eigenvalue weighted by Gasteiger charge is 2.16. The van der Waals surface area contributed by atoms with Crippen LogP contribution in [0.4, 0.5) is 17.3 Å². The topological polar surface area (TPSA) is 125 Å². The summed E-state index contributed by atoms with van der Waals surface area (Å²) < 4.78 is 4.86. The third kappa shape index (κ3) is 5.14. The minimum absolute atomic E-state index is 0.236. The number of aromatic nitrogens is 3. The van der Waals surface area contributed by atoms with Gasteiger partial charge in [0.15, 0.2) is 5.69 Å². The number of pyridine rings is 1. The van der Waals surface area contributed by atoms with Crippen molar-refractivity contribution >= 4 is 23.3 Å². The standard InChI is InChI=1S/C19H23N7O2/c1-28-19(27)15-11-25-17(26-18-12-23-14(9-20)10-24-18)8-16(15)22-7-4-13-2-5-21-6-3-13/h8,10-13,21H,2-7H2,1H3,(H2,22,24,25,26). The predicted octanol–water partition coefficient (Wildman–Crippen LogP) is 2.08. The average Bonchev–Trinajstić information content (AvgIpc) is 2.75. The van der Waals surface area contributed by atoms with Crippen LogP contribution in [0.3, 0.4) is 0 Å². The third-order valence-electron chi connectivity index (χ3n) is 4.66. The minimum Gasteiger partial charge on any atom is -0.465 e. The lowest BCUT2D eigenvalue weighted by molar-refractivity contribution is 0.0601. The van der Waals surface area contributed by atoms with Gasteiger partial charge in [0, 0.05) is 18.8 Å². The van der Waals surface area contributed by atoms with Crippen LogP contribution < -0.4 is 16.0 Å². The van der Waals surface area contributed by atoms with Crippen LogP contribution in [0.2, 0.25) is 0 Å². The summed E-state index contributed by atoms with van der Waals surface area (Å²) in [5, 5.41) is 18.5. The predicted molar refractivity (Wildman–Crippen MR) is 104 cm³/mol. The Bertz CT molecular complexity index is 842. The normalized spacial score (nSPS) is 14.1. The molecule has 1 fully saturated rings. The van der Waals surface area contributed by atoms with Crippen LogP contribution in [0.25, 0.3) is 0 Å². The summed E-state index contributed by atoms with van der Waals surface area (Å²) in [6.07, 6.45) is 7.69. The van der Waals surface area contributed by atoms with E-state index in [-0.39, 0.29) is 5.69 Å². The summed E-state index contributed by atoms with van der Waals surface area (Å²) in [5.74, 6) is 1.21. The Balaban J connectivity index is 1.70. The van der Waals surface area contributed by atoms with Gasteiger partial charge in [0.1, 0.15) is 23.3 Å². The minimum atomic E-state index is -0.443. The molecule has 0 aliphatic carbocycles. The Morgan fingerprint density at radius 1 is 1.25 bits per heavy atom. The number of nitriles is 1. The smallest absolute Gasteiger partial charge is 0.341 e. The van der Waals surface area contributed by atoms with Crippen molar-refractivity contribution in [1.82, 2.24) is 20.3 Å². The molecule has 0 bridgehead atoms. The number of anilines is 3. The van der Waals surface area contributed by atoms with Crippen molar-refractivity contribution in [1.29, 1.82) is 5.26 Å². The third-order valence-corrected chi connectivity index (χ3v) is 4.66. The van der Waals surface area contributed by atoms with Gasteiger partial charge in [-0.3, -0.25) is 0 Å². The van der Waals surface area contributed by atoms with E-state index in [0.29, 0.717) is 28.8 Å². The Kier molecular flexibility index (Phi) is 6.70. The van der Waals surface area contributed by atoms with Gasteiger partial charge in [-0.25, -0.2) is 19.7 Å². The van der Waals surface area contributed by atoms with Gasteiger partial charge in [0.2, 0.25) is 0 Å². The van der Waals surface area contributed by atoms with Crippen molar-refractivity contribution in [3.05, 3.63) is 35.9 Å².